The van der Waals surface area contributed by atoms with Gasteiger partial charge < -0.3 is 24.8 Å². The van der Waals surface area contributed by atoms with Crippen molar-refractivity contribution in [2.45, 2.75) is 20.4 Å². The van der Waals surface area contributed by atoms with Crippen molar-refractivity contribution in [1.29, 1.82) is 0 Å². The lowest BCUT2D eigenvalue weighted by Gasteiger charge is -2.23. The molecule has 1 amide bonds. The van der Waals surface area contributed by atoms with Gasteiger partial charge in [0.2, 0.25) is 0 Å². The number of aryl methyl sites for hydroxylation is 1. The first-order valence-electron chi connectivity index (χ1n) is 9.18. The molecule has 2 aromatic rings. The molecule has 2 aromatic carbocycles. The van der Waals surface area contributed by atoms with Crippen molar-refractivity contribution >= 4 is 17.6 Å². The predicted octanol–water partition coefficient (Wildman–Crippen LogP) is 2.55. The Kier molecular flexibility index (Phi) is 6.03. The second-order valence-electron chi connectivity index (χ2n) is 6.50. The van der Waals surface area contributed by atoms with Gasteiger partial charge in [0.05, 0.1) is 5.56 Å². The number of para-hydroxylation sites is 1. The van der Waals surface area contributed by atoms with E-state index in [9.17, 15) is 9.59 Å². The van der Waals surface area contributed by atoms with Crippen molar-refractivity contribution < 1.29 is 23.8 Å². The molecule has 1 aliphatic rings. The molecular formula is C21H24N2O5. The minimum absolute atomic E-state index is 0.266. The van der Waals surface area contributed by atoms with Crippen LogP contribution in [0.2, 0.25) is 0 Å². The highest BCUT2D eigenvalue weighted by Gasteiger charge is 2.19. The zero-order valence-electron chi connectivity index (χ0n) is 16.1. The second kappa shape index (κ2) is 8.65. The fourth-order valence-electron chi connectivity index (χ4n) is 2.94. The van der Waals surface area contributed by atoms with E-state index in [0.717, 1.165) is 11.1 Å². The van der Waals surface area contributed by atoms with E-state index in [-0.39, 0.29) is 18.1 Å². The lowest BCUT2D eigenvalue weighted by atomic mass is 10.1. The number of benzene rings is 2. The number of amides is 1. The topological polar surface area (TPSA) is 91.1 Å². The molecule has 7 heteroatoms. The highest BCUT2D eigenvalue weighted by Crippen LogP contribution is 2.31. The van der Waals surface area contributed by atoms with Crippen molar-refractivity contribution in [2.75, 3.05) is 32.1 Å². The summed E-state index contributed by atoms with van der Waals surface area (Å²) in [5.74, 6) is 0.490. The van der Waals surface area contributed by atoms with Crippen LogP contribution in [0.25, 0.3) is 0 Å². The number of ether oxygens (including phenoxy) is 3. The van der Waals surface area contributed by atoms with Crippen LogP contribution in [-0.2, 0) is 16.1 Å². The van der Waals surface area contributed by atoms with Gasteiger partial charge in [-0.1, -0.05) is 18.2 Å². The van der Waals surface area contributed by atoms with Crippen molar-refractivity contribution in [3.05, 3.63) is 53.1 Å². The molecule has 1 heterocycles. The number of hydrogen-bond acceptors (Lipinski definition) is 6. The fraction of sp³-hybridized carbons (Fsp3) is 0.333. The highest BCUT2D eigenvalue weighted by atomic mass is 16.6. The Morgan fingerprint density at radius 3 is 2.64 bits per heavy atom. The number of nitrogens with zero attached hydrogens (tertiary/aromatic N) is 1. The van der Waals surface area contributed by atoms with Crippen LogP contribution >= 0.6 is 0 Å². The quantitative estimate of drug-likeness (QED) is 0.608. The maximum absolute atomic E-state index is 12.5. The summed E-state index contributed by atoms with van der Waals surface area (Å²) in [6.07, 6.45) is 0. The van der Waals surface area contributed by atoms with E-state index in [1.165, 1.54) is 0 Å². The third kappa shape index (κ3) is 4.36. The van der Waals surface area contributed by atoms with Crippen molar-refractivity contribution in [2.24, 2.45) is 0 Å². The number of carbonyl (C=O) groups excluding carboxylic acids is 2. The molecule has 0 atom stereocenters. The molecule has 0 aliphatic carbocycles. The van der Waals surface area contributed by atoms with E-state index in [4.69, 9.17) is 19.9 Å². The number of likely N-dealkylation sites (N-methyl/N-ethyl adjacent to an activating group) is 1. The molecule has 0 fully saturated rings. The van der Waals surface area contributed by atoms with Gasteiger partial charge >= 0.3 is 5.97 Å². The van der Waals surface area contributed by atoms with Gasteiger partial charge in [-0.2, -0.15) is 0 Å². The van der Waals surface area contributed by atoms with E-state index >= 15 is 0 Å². The van der Waals surface area contributed by atoms with Crippen LogP contribution in [-0.4, -0.2) is 43.1 Å². The molecule has 1 aliphatic heterocycles. The summed E-state index contributed by atoms with van der Waals surface area (Å²) >= 11 is 0. The summed E-state index contributed by atoms with van der Waals surface area (Å²) in [5.41, 5.74) is 8.24. The Hall–Kier alpha value is -3.22. The van der Waals surface area contributed by atoms with Gasteiger partial charge in [0, 0.05) is 18.8 Å². The highest BCUT2D eigenvalue weighted by molar-refractivity contribution is 5.96. The zero-order chi connectivity index (χ0) is 20.1. The molecular weight excluding hydrogens is 360 g/mol. The van der Waals surface area contributed by atoms with Crippen LogP contribution in [0.15, 0.2) is 36.4 Å². The van der Waals surface area contributed by atoms with E-state index in [2.05, 4.69) is 0 Å². The number of fused-ring (bicyclic) bond motifs is 1. The Balaban J connectivity index is 1.60. The monoisotopic (exact) mass is 384 g/mol. The maximum atomic E-state index is 12.5. The number of hydrogen-bond donors (Lipinski definition) is 1. The molecule has 0 unspecified atom stereocenters. The molecule has 7 nitrogen and oxygen atoms in total. The first-order chi connectivity index (χ1) is 13.5. The van der Waals surface area contributed by atoms with Gasteiger partial charge in [0.1, 0.15) is 13.2 Å². The Labute approximate surface area is 164 Å². The average molecular weight is 384 g/mol. The van der Waals surface area contributed by atoms with Crippen molar-refractivity contribution in [3.8, 4) is 11.5 Å². The lowest BCUT2D eigenvalue weighted by molar-refractivity contribution is -0.134. The number of nitrogens with two attached hydrogens (primary N) is 1. The van der Waals surface area contributed by atoms with Gasteiger partial charge in [0.15, 0.2) is 18.1 Å². The molecule has 28 heavy (non-hydrogen) atoms. The largest absolute Gasteiger partial charge is 0.486 e. The van der Waals surface area contributed by atoms with Gasteiger partial charge in [-0.05, 0) is 43.2 Å². The minimum Gasteiger partial charge on any atom is -0.486 e. The van der Waals surface area contributed by atoms with E-state index in [1.807, 2.05) is 38.1 Å². The second-order valence-corrected chi connectivity index (χ2v) is 6.50. The van der Waals surface area contributed by atoms with Crippen LogP contribution in [0.1, 0.15) is 28.4 Å². The van der Waals surface area contributed by atoms with Gasteiger partial charge in [-0.3, -0.25) is 4.79 Å². The summed E-state index contributed by atoms with van der Waals surface area (Å²) in [6.45, 7) is 5.24. The maximum Gasteiger partial charge on any atom is 0.340 e. The number of carbonyl (C=O) groups is 2. The molecule has 0 saturated heterocycles. The van der Waals surface area contributed by atoms with Crippen molar-refractivity contribution in [3.63, 3.8) is 0 Å². The Morgan fingerprint density at radius 2 is 1.89 bits per heavy atom. The molecule has 0 bridgehead atoms. The molecule has 0 spiro atoms. The molecule has 0 radical (unpaired) electrons. The van der Waals surface area contributed by atoms with Crippen LogP contribution in [0.5, 0.6) is 11.5 Å². The van der Waals surface area contributed by atoms with Gasteiger partial charge in [-0.15, -0.1) is 0 Å². The predicted molar refractivity (Wildman–Crippen MR) is 104 cm³/mol. The summed E-state index contributed by atoms with van der Waals surface area (Å²) < 4.78 is 16.3. The molecule has 0 saturated carbocycles. The fourth-order valence-corrected chi connectivity index (χ4v) is 2.94. The molecule has 148 valence electrons. The molecule has 3 rings (SSSR count). The third-order valence-corrected chi connectivity index (χ3v) is 4.59. The average Bonchev–Trinajstić information content (AvgIpc) is 2.71. The number of rotatable bonds is 6. The number of esters is 1. The lowest BCUT2D eigenvalue weighted by Crippen LogP contribution is -2.34. The van der Waals surface area contributed by atoms with E-state index in [1.54, 1.807) is 17.0 Å². The smallest absolute Gasteiger partial charge is 0.340 e. The molecule has 0 aromatic heterocycles. The van der Waals surface area contributed by atoms with Crippen LogP contribution < -0.4 is 15.2 Å². The van der Waals surface area contributed by atoms with Crippen molar-refractivity contribution in [1.82, 2.24) is 4.90 Å². The standard InChI is InChI=1S/C21H24N2O5/c1-3-23(12-15-7-8-17-18(11-15)27-10-9-26-17)19(24)13-28-21(25)16-6-4-5-14(2)20(16)22/h4-8,11H,3,9-10,12-13,22H2,1-2H3. The normalized spacial score (nSPS) is 12.4. The summed E-state index contributed by atoms with van der Waals surface area (Å²) in [5, 5.41) is 0. The first-order valence-corrected chi connectivity index (χ1v) is 9.18. The van der Waals surface area contributed by atoms with Gasteiger partial charge in [-0.25, -0.2) is 4.79 Å². The van der Waals surface area contributed by atoms with Crippen LogP contribution in [0.3, 0.4) is 0 Å². The first kappa shape index (κ1) is 19.5. The SMILES string of the molecule is CCN(Cc1ccc2c(c1)OCCO2)C(=O)COC(=O)c1cccc(C)c1N. The zero-order valence-corrected chi connectivity index (χ0v) is 16.1. The Bertz CT molecular complexity index is 881. The van der Waals surface area contributed by atoms with Crippen LogP contribution in [0.4, 0.5) is 5.69 Å². The van der Waals surface area contributed by atoms with E-state index < -0.39 is 5.97 Å². The number of nitrogen functional groups attached to an aromatic ring is 1. The molecule has 2 N–H and O–H groups in total. The number of anilines is 1. The van der Waals surface area contributed by atoms with Gasteiger partial charge in [0.25, 0.3) is 5.91 Å². The minimum atomic E-state index is -0.607. The Morgan fingerprint density at radius 1 is 1.14 bits per heavy atom. The summed E-state index contributed by atoms with van der Waals surface area (Å²) in [4.78, 5) is 26.4. The summed E-state index contributed by atoms with van der Waals surface area (Å²) in [7, 11) is 0. The summed E-state index contributed by atoms with van der Waals surface area (Å²) in [6, 6.07) is 10.7. The van der Waals surface area contributed by atoms with Crippen LogP contribution in [0, 0.1) is 6.92 Å². The third-order valence-electron chi connectivity index (χ3n) is 4.59. The van der Waals surface area contributed by atoms with E-state index in [0.29, 0.717) is 43.5 Å².